The minimum absolute atomic E-state index is 0.316. The number of benzene rings is 2. The van der Waals surface area contributed by atoms with Gasteiger partial charge in [-0.1, -0.05) is 50.1 Å². The van der Waals surface area contributed by atoms with Crippen LogP contribution in [0.5, 0.6) is 5.75 Å². The standard InChI is InChI=1S/C22H28O4/c1-3-4-10-20(23)15-17(2)26-22(24)19-11-13-21(14-12-19)25-16-18-8-6-5-7-9-18/h5-9,11-14,17,20,23H,3-4,10,15-16H2,1-2H3/t17-,20-/m0/s1. The van der Waals surface area contributed by atoms with Gasteiger partial charge in [0.05, 0.1) is 11.7 Å². The van der Waals surface area contributed by atoms with Crippen LogP contribution < -0.4 is 4.74 Å². The molecule has 0 unspecified atom stereocenters. The first-order valence-electron chi connectivity index (χ1n) is 9.24. The highest BCUT2D eigenvalue weighted by Crippen LogP contribution is 2.16. The molecule has 0 radical (unpaired) electrons. The Morgan fingerprint density at radius 3 is 2.42 bits per heavy atom. The number of hydrogen-bond acceptors (Lipinski definition) is 4. The summed E-state index contributed by atoms with van der Waals surface area (Å²) < 4.78 is 11.1. The van der Waals surface area contributed by atoms with E-state index >= 15 is 0 Å². The van der Waals surface area contributed by atoms with Gasteiger partial charge in [0.15, 0.2) is 0 Å². The van der Waals surface area contributed by atoms with Crippen molar-refractivity contribution in [2.24, 2.45) is 0 Å². The highest BCUT2D eigenvalue weighted by molar-refractivity contribution is 5.89. The molecule has 4 nitrogen and oxygen atoms in total. The predicted octanol–water partition coefficient (Wildman–Crippen LogP) is 4.75. The van der Waals surface area contributed by atoms with Crippen molar-refractivity contribution in [3.63, 3.8) is 0 Å². The average Bonchev–Trinajstić information content (AvgIpc) is 2.65. The van der Waals surface area contributed by atoms with Crippen LogP contribution in [0.4, 0.5) is 0 Å². The van der Waals surface area contributed by atoms with Gasteiger partial charge in [-0.05, 0) is 43.2 Å². The Morgan fingerprint density at radius 1 is 1.08 bits per heavy atom. The molecule has 0 aliphatic heterocycles. The molecule has 0 spiro atoms. The van der Waals surface area contributed by atoms with Gasteiger partial charge in [0.25, 0.3) is 0 Å². The topological polar surface area (TPSA) is 55.8 Å². The molecule has 1 N–H and O–H groups in total. The van der Waals surface area contributed by atoms with Gasteiger partial charge in [0, 0.05) is 6.42 Å². The maximum atomic E-state index is 12.2. The molecule has 2 atom stereocenters. The second-order valence-corrected chi connectivity index (χ2v) is 6.55. The highest BCUT2D eigenvalue weighted by Gasteiger charge is 2.15. The molecule has 0 heterocycles. The van der Waals surface area contributed by atoms with E-state index in [1.54, 1.807) is 24.3 Å². The quantitative estimate of drug-likeness (QED) is 0.624. The summed E-state index contributed by atoms with van der Waals surface area (Å²) in [7, 11) is 0. The molecule has 2 aromatic rings. The van der Waals surface area contributed by atoms with E-state index in [0.29, 0.717) is 24.3 Å². The van der Waals surface area contributed by atoms with E-state index in [4.69, 9.17) is 9.47 Å². The lowest BCUT2D eigenvalue weighted by Gasteiger charge is -2.17. The summed E-state index contributed by atoms with van der Waals surface area (Å²) >= 11 is 0. The minimum Gasteiger partial charge on any atom is -0.489 e. The summed E-state index contributed by atoms with van der Waals surface area (Å²) in [6.07, 6.45) is 2.49. The number of carbonyl (C=O) groups excluding carboxylic acids is 1. The fraction of sp³-hybridized carbons (Fsp3) is 0.409. The molecule has 0 aromatic heterocycles. The number of carbonyl (C=O) groups is 1. The number of rotatable bonds is 10. The van der Waals surface area contributed by atoms with E-state index in [0.717, 1.165) is 24.8 Å². The summed E-state index contributed by atoms with van der Waals surface area (Å²) in [6, 6.07) is 16.8. The van der Waals surface area contributed by atoms with Crippen molar-refractivity contribution < 1.29 is 19.4 Å². The van der Waals surface area contributed by atoms with E-state index in [2.05, 4.69) is 6.92 Å². The fourth-order valence-electron chi connectivity index (χ4n) is 2.67. The number of hydrogen-bond donors (Lipinski definition) is 1. The van der Waals surface area contributed by atoms with Crippen LogP contribution in [-0.4, -0.2) is 23.3 Å². The first kappa shape index (κ1) is 20.0. The van der Waals surface area contributed by atoms with E-state index in [-0.39, 0.29) is 12.1 Å². The first-order chi connectivity index (χ1) is 12.6. The average molecular weight is 356 g/mol. The Balaban J connectivity index is 1.80. The summed E-state index contributed by atoms with van der Waals surface area (Å²) in [5, 5.41) is 9.92. The van der Waals surface area contributed by atoms with Gasteiger partial charge >= 0.3 is 5.97 Å². The van der Waals surface area contributed by atoms with Crippen molar-refractivity contribution in [3.8, 4) is 5.75 Å². The summed E-state index contributed by atoms with van der Waals surface area (Å²) in [6.45, 7) is 4.38. The minimum atomic E-state index is -0.425. The second-order valence-electron chi connectivity index (χ2n) is 6.55. The van der Waals surface area contributed by atoms with Crippen LogP contribution in [0.2, 0.25) is 0 Å². The van der Waals surface area contributed by atoms with Crippen molar-refractivity contribution in [3.05, 3.63) is 65.7 Å². The number of esters is 1. The third kappa shape index (κ3) is 6.89. The molecule has 0 saturated carbocycles. The second kappa shape index (κ2) is 10.6. The molecule has 0 aliphatic carbocycles. The Bertz CT molecular complexity index is 652. The molecular formula is C22H28O4. The van der Waals surface area contributed by atoms with Crippen LogP contribution in [0.1, 0.15) is 55.5 Å². The van der Waals surface area contributed by atoms with Crippen LogP contribution in [-0.2, 0) is 11.3 Å². The van der Waals surface area contributed by atoms with Gasteiger partial charge in [-0.15, -0.1) is 0 Å². The van der Waals surface area contributed by atoms with E-state index in [9.17, 15) is 9.90 Å². The van der Waals surface area contributed by atoms with Crippen molar-refractivity contribution in [1.29, 1.82) is 0 Å². The zero-order valence-electron chi connectivity index (χ0n) is 15.6. The lowest BCUT2D eigenvalue weighted by atomic mass is 10.1. The van der Waals surface area contributed by atoms with Gasteiger partial charge in [0.2, 0.25) is 0 Å². The van der Waals surface area contributed by atoms with Gasteiger partial charge < -0.3 is 14.6 Å². The summed E-state index contributed by atoms with van der Waals surface area (Å²) in [5.74, 6) is 0.322. The van der Waals surface area contributed by atoms with Crippen molar-refractivity contribution in [2.75, 3.05) is 0 Å². The van der Waals surface area contributed by atoms with Gasteiger partial charge in [-0.3, -0.25) is 0 Å². The van der Waals surface area contributed by atoms with E-state index < -0.39 is 6.10 Å². The lowest BCUT2D eigenvalue weighted by Crippen LogP contribution is -2.21. The number of unbranched alkanes of at least 4 members (excludes halogenated alkanes) is 1. The van der Waals surface area contributed by atoms with E-state index in [1.165, 1.54) is 0 Å². The molecule has 0 amide bonds. The summed E-state index contributed by atoms with van der Waals surface area (Å²) in [5.41, 5.74) is 1.57. The Morgan fingerprint density at radius 2 is 1.77 bits per heavy atom. The maximum absolute atomic E-state index is 12.2. The normalized spacial score (nSPS) is 13.0. The number of aliphatic hydroxyl groups is 1. The number of ether oxygens (including phenoxy) is 2. The Hall–Kier alpha value is -2.33. The van der Waals surface area contributed by atoms with Crippen molar-refractivity contribution in [1.82, 2.24) is 0 Å². The zero-order chi connectivity index (χ0) is 18.8. The monoisotopic (exact) mass is 356 g/mol. The molecule has 2 aromatic carbocycles. The molecule has 0 saturated heterocycles. The van der Waals surface area contributed by atoms with Gasteiger partial charge in [-0.2, -0.15) is 0 Å². The molecular weight excluding hydrogens is 328 g/mol. The lowest BCUT2D eigenvalue weighted by molar-refractivity contribution is 0.0188. The predicted molar refractivity (Wildman–Crippen MR) is 102 cm³/mol. The van der Waals surface area contributed by atoms with Crippen molar-refractivity contribution >= 4 is 5.97 Å². The van der Waals surface area contributed by atoms with Crippen LogP contribution >= 0.6 is 0 Å². The fourth-order valence-corrected chi connectivity index (χ4v) is 2.67. The first-order valence-corrected chi connectivity index (χ1v) is 9.24. The number of aliphatic hydroxyl groups excluding tert-OH is 1. The molecule has 4 heteroatoms. The van der Waals surface area contributed by atoms with Crippen LogP contribution in [0, 0.1) is 0 Å². The van der Waals surface area contributed by atoms with Crippen LogP contribution in [0.15, 0.2) is 54.6 Å². The molecule has 2 rings (SSSR count). The zero-order valence-corrected chi connectivity index (χ0v) is 15.6. The SMILES string of the molecule is CCCC[C@H](O)C[C@H](C)OC(=O)c1ccc(OCc2ccccc2)cc1. The van der Waals surface area contributed by atoms with Gasteiger partial charge in [-0.25, -0.2) is 4.79 Å². The Labute approximate surface area is 155 Å². The largest absolute Gasteiger partial charge is 0.489 e. The summed E-state index contributed by atoms with van der Waals surface area (Å²) in [4.78, 5) is 12.2. The third-order valence-corrected chi connectivity index (χ3v) is 4.14. The molecule has 140 valence electrons. The third-order valence-electron chi connectivity index (χ3n) is 4.14. The van der Waals surface area contributed by atoms with E-state index in [1.807, 2.05) is 37.3 Å². The molecule has 0 bridgehead atoms. The Kier molecular flexibility index (Phi) is 8.16. The maximum Gasteiger partial charge on any atom is 0.338 e. The molecule has 0 aliphatic rings. The molecule has 0 fully saturated rings. The van der Waals surface area contributed by atoms with Crippen LogP contribution in [0.25, 0.3) is 0 Å². The van der Waals surface area contributed by atoms with Crippen LogP contribution in [0.3, 0.4) is 0 Å². The highest BCUT2D eigenvalue weighted by atomic mass is 16.5. The molecule has 26 heavy (non-hydrogen) atoms. The smallest absolute Gasteiger partial charge is 0.338 e. The van der Waals surface area contributed by atoms with Crippen molar-refractivity contribution in [2.45, 2.75) is 58.3 Å². The van der Waals surface area contributed by atoms with Gasteiger partial charge in [0.1, 0.15) is 18.5 Å².